The highest BCUT2D eigenvalue weighted by Gasteiger charge is 2.19. The summed E-state index contributed by atoms with van der Waals surface area (Å²) in [5.74, 6) is 0.328. The molecule has 0 radical (unpaired) electrons. The Morgan fingerprint density at radius 2 is 2.14 bits per heavy atom. The lowest BCUT2D eigenvalue weighted by atomic mass is 10.3. The van der Waals surface area contributed by atoms with Gasteiger partial charge in [0, 0.05) is 26.6 Å². The summed E-state index contributed by atoms with van der Waals surface area (Å²) in [4.78, 5) is 26.4. The topological polar surface area (TPSA) is 40.6 Å². The van der Waals surface area contributed by atoms with E-state index >= 15 is 0 Å². The summed E-state index contributed by atoms with van der Waals surface area (Å²) in [5.41, 5.74) is 0. The molecule has 14 heavy (non-hydrogen) atoms. The highest BCUT2D eigenvalue weighted by Crippen LogP contribution is 2.02. The summed E-state index contributed by atoms with van der Waals surface area (Å²) in [5, 5.41) is 0. The average molecular weight is 198 g/mol. The smallest absolute Gasteiger partial charge is 0.236 e. The fourth-order valence-corrected chi connectivity index (χ4v) is 1.54. The molecule has 0 N–H and O–H groups in total. The number of Topliss-reactive ketones (excluding diaryl/α,β-unsaturated/α-hetero) is 1. The first-order valence-electron chi connectivity index (χ1n) is 5.11. The van der Waals surface area contributed by atoms with Crippen molar-refractivity contribution in [3.8, 4) is 0 Å². The number of ketones is 1. The van der Waals surface area contributed by atoms with Gasteiger partial charge in [-0.1, -0.05) is 6.92 Å². The van der Waals surface area contributed by atoms with Gasteiger partial charge in [-0.3, -0.25) is 14.5 Å². The van der Waals surface area contributed by atoms with Crippen LogP contribution in [0.2, 0.25) is 0 Å². The van der Waals surface area contributed by atoms with Crippen molar-refractivity contribution in [2.45, 2.75) is 19.8 Å². The van der Waals surface area contributed by atoms with Gasteiger partial charge in [0.2, 0.25) is 5.91 Å². The minimum atomic E-state index is 0.117. The van der Waals surface area contributed by atoms with E-state index in [2.05, 4.69) is 0 Å². The Bertz CT molecular complexity index is 228. The second-order valence-electron chi connectivity index (χ2n) is 3.77. The van der Waals surface area contributed by atoms with Gasteiger partial charge < -0.3 is 4.90 Å². The number of hydrogen-bond donors (Lipinski definition) is 0. The molecule has 1 saturated heterocycles. The number of hydrogen-bond acceptors (Lipinski definition) is 3. The van der Waals surface area contributed by atoms with Crippen LogP contribution in [-0.2, 0) is 9.59 Å². The number of rotatable bonds is 3. The Labute approximate surface area is 84.9 Å². The molecule has 1 aliphatic rings. The molecule has 0 unspecified atom stereocenters. The third kappa shape index (κ3) is 3.10. The van der Waals surface area contributed by atoms with Crippen molar-refractivity contribution in [2.24, 2.45) is 0 Å². The highest BCUT2D eigenvalue weighted by molar-refractivity contribution is 5.82. The van der Waals surface area contributed by atoms with Gasteiger partial charge in [-0.25, -0.2) is 0 Å². The van der Waals surface area contributed by atoms with Crippen molar-refractivity contribution < 1.29 is 9.59 Å². The summed E-state index contributed by atoms with van der Waals surface area (Å²) in [6, 6.07) is 0. The van der Waals surface area contributed by atoms with Gasteiger partial charge in [0.15, 0.2) is 0 Å². The van der Waals surface area contributed by atoms with E-state index in [9.17, 15) is 9.59 Å². The Kier molecular flexibility index (Phi) is 4.07. The van der Waals surface area contributed by atoms with Crippen LogP contribution in [0.5, 0.6) is 0 Å². The second kappa shape index (κ2) is 5.10. The number of amides is 1. The van der Waals surface area contributed by atoms with E-state index in [-0.39, 0.29) is 11.7 Å². The van der Waals surface area contributed by atoms with Gasteiger partial charge in [0.1, 0.15) is 5.78 Å². The van der Waals surface area contributed by atoms with Crippen LogP contribution in [0.1, 0.15) is 19.8 Å². The van der Waals surface area contributed by atoms with E-state index in [1.165, 1.54) is 0 Å². The van der Waals surface area contributed by atoms with Gasteiger partial charge in [0.25, 0.3) is 0 Å². The van der Waals surface area contributed by atoms with Crippen molar-refractivity contribution in [1.29, 1.82) is 0 Å². The average Bonchev–Trinajstić information content (AvgIpc) is 2.30. The maximum atomic E-state index is 11.5. The summed E-state index contributed by atoms with van der Waals surface area (Å²) in [6.07, 6.45) is 1.51. The van der Waals surface area contributed by atoms with E-state index < -0.39 is 0 Å². The fourth-order valence-electron chi connectivity index (χ4n) is 1.54. The first-order valence-corrected chi connectivity index (χ1v) is 5.11. The molecule has 1 amide bonds. The van der Waals surface area contributed by atoms with Crippen molar-refractivity contribution >= 4 is 11.7 Å². The number of carbonyl (C=O) groups excluding carboxylic acids is 2. The lowest BCUT2D eigenvalue weighted by Gasteiger charge is -2.17. The molecule has 80 valence electrons. The summed E-state index contributed by atoms with van der Waals surface area (Å²) >= 11 is 0. The largest absolute Gasteiger partial charge is 0.345 e. The standard InChI is InChI=1S/C10H18N2O2/c1-3-9(13)7-12-6-4-5-11(2)10(14)8-12/h3-8H2,1-2H3. The normalized spacial score (nSPS) is 19.6. The molecule has 0 aromatic rings. The zero-order chi connectivity index (χ0) is 10.6. The van der Waals surface area contributed by atoms with E-state index in [0.29, 0.717) is 19.5 Å². The lowest BCUT2D eigenvalue weighted by Crippen LogP contribution is -2.36. The Morgan fingerprint density at radius 1 is 1.43 bits per heavy atom. The molecular formula is C10H18N2O2. The molecule has 1 rings (SSSR count). The van der Waals surface area contributed by atoms with E-state index in [0.717, 1.165) is 19.5 Å². The van der Waals surface area contributed by atoms with Gasteiger partial charge >= 0.3 is 0 Å². The van der Waals surface area contributed by atoms with Crippen molar-refractivity contribution in [2.75, 3.05) is 33.2 Å². The Balaban J connectivity index is 2.46. The minimum absolute atomic E-state index is 0.117. The van der Waals surface area contributed by atoms with Crippen LogP contribution in [0.25, 0.3) is 0 Å². The molecule has 1 heterocycles. The van der Waals surface area contributed by atoms with E-state index in [1.807, 2.05) is 18.9 Å². The van der Waals surface area contributed by atoms with E-state index in [1.54, 1.807) is 4.90 Å². The Morgan fingerprint density at radius 3 is 2.79 bits per heavy atom. The van der Waals surface area contributed by atoms with Gasteiger partial charge in [-0.15, -0.1) is 0 Å². The Hall–Kier alpha value is -0.900. The van der Waals surface area contributed by atoms with Crippen molar-refractivity contribution in [1.82, 2.24) is 9.80 Å². The maximum Gasteiger partial charge on any atom is 0.236 e. The molecule has 1 aliphatic heterocycles. The van der Waals surface area contributed by atoms with Crippen LogP contribution < -0.4 is 0 Å². The molecule has 0 aromatic heterocycles. The molecule has 0 aromatic carbocycles. The number of likely N-dealkylation sites (N-methyl/N-ethyl adjacent to an activating group) is 1. The molecule has 4 heteroatoms. The van der Waals surface area contributed by atoms with Gasteiger partial charge in [0.05, 0.1) is 13.1 Å². The van der Waals surface area contributed by atoms with Crippen molar-refractivity contribution in [3.05, 3.63) is 0 Å². The van der Waals surface area contributed by atoms with Crippen LogP contribution in [0.3, 0.4) is 0 Å². The first kappa shape index (κ1) is 11.2. The quantitative estimate of drug-likeness (QED) is 0.647. The van der Waals surface area contributed by atoms with E-state index in [4.69, 9.17) is 0 Å². The summed E-state index contributed by atoms with van der Waals surface area (Å²) < 4.78 is 0. The van der Waals surface area contributed by atoms with Gasteiger partial charge in [-0.05, 0) is 6.42 Å². The monoisotopic (exact) mass is 198 g/mol. The molecule has 0 saturated carbocycles. The first-order chi connectivity index (χ1) is 6.63. The molecule has 0 atom stereocenters. The van der Waals surface area contributed by atoms with Crippen LogP contribution >= 0.6 is 0 Å². The zero-order valence-electron chi connectivity index (χ0n) is 8.95. The molecule has 4 nitrogen and oxygen atoms in total. The number of nitrogens with zero attached hydrogens (tertiary/aromatic N) is 2. The third-order valence-electron chi connectivity index (χ3n) is 2.55. The minimum Gasteiger partial charge on any atom is -0.345 e. The van der Waals surface area contributed by atoms with Crippen LogP contribution in [0, 0.1) is 0 Å². The third-order valence-corrected chi connectivity index (χ3v) is 2.55. The summed E-state index contributed by atoms with van der Waals surface area (Å²) in [7, 11) is 1.81. The SMILES string of the molecule is CCC(=O)CN1CCCN(C)C(=O)C1. The van der Waals surface area contributed by atoms with Crippen LogP contribution in [0.4, 0.5) is 0 Å². The molecule has 0 bridgehead atoms. The molecule has 0 spiro atoms. The zero-order valence-corrected chi connectivity index (χ0v) is 8.95. The predicted molar refractivity (Wildman–Crippen MR) is 54.0 cm³/mol. The summed E-state index contributed by atoms with van der Waals surface area (Å²) in [6.45, 7) is 4.32. The predicted octanol–water partition coefficient (Wildman–Crippen LogP) is 0.130. The van der Waals surface area contributed by atoms with Gasteiger partial charge in [-0.2, -0.15) is 0 Å². The van der Waals surface area contributed by atoms with Crippen molar-refractivity contribution in [3.63, 3.8) is 0 Å². The van der Waals surface area contributed by atoms with Crippen LogP contribution in [0.15, 0.2) is 0 Å². The molecular weight excluding hydrogens is 180 g/mol. The fraction of sp³-hybridized carbons (Fsp3) is 0.800. The molecule has 1 fully saturated rings. The molecule has 0 aliphatic carbocycles. The van der Waals surface area contributed by atoms with Crippen LogP contribution in [-0.4, -0.2) is 54.7 Å². The second-order valence-corrected chi connectivity index (χ2v) is 3.77. The lowest BCUT2D eigenvalue weighted by molar-refractivity contribution is -0.130. The maximum absolute atomic E-state index is 11.5. The highest BCUT2D eigenvalue weighted by atomic mass is 16.2. The number of carbonyl (C=O) groups is 2.